The van der Waals surface area contributed by atoms with Crippen LogP contribution in [-0.4, -0.2) is 50.8 Å². The lowest BCUT2D eigenvalue weighted by Gasteiger charge is -2.20. The predicted octanol–water partition coefficient (Wildman–Crippen LogP) is 2.68. The minimum atomic E-state index is -3.40. The lowest BCUT2D eigenvalue weighted by molar-refractivity contribution is 0.347. The van der Waals surface area contributed by atoms with Crippen LogP contribution in [-0.2, 0) is 10.0 Å². The van der Waals surface area contributed by atoms with Crippen molar-refractivity contribution in [2.24, 2.45) is 0 Å². The third kappa shape index (κ3) is 3.63. The molecule has 0 spiro atoms. The van der Waals surface area contributed by atoms with E-state index in [1.54, 1.807) is 16.4 Å². The summed E-state index contributed by atoms with van der Waals surface area (Å²) in [7, 11) is -1.37. The molecule has 1 fully saturated rings. The van der Waals surface area contributed by atoms with Crippen molar-refractivity contribution in [2.75, 3.05) is 33.2 Å². The molecule has 0 amide bonds. The van der Waals surface area contributed by atoms with Gasteiger partial charge in [0.25, 0.3) is 0 Å². The van der Waals surface area contributed by atoms with Crippen molar-refractivity contribution in [3.05, 3.63) is 54.6 Å². The molecule has 1 aliphatic rings. The summed E-state index contributed by atoms with van der Waals surface area (Å²) in [6.45, 7) is 2.87. The Bertz CT molecular complexity index is 742. The molecule has 1 aliphatic heterocycles. The number of hydrogen-bond acceptors (Lipinski definition) is 3. The van der Waals surface area contributed by atoms with Crippen molar-refractivity contribution in [3.63, 3.8) is 0 Å². The normalized spacial score (nSPS) is 17.8. The van der Waals surface area contributed by atoms with Crippen LogP contribution < -0.4 is 0 Å². The summed E-state index contributed by atoms with van der Waals surface area (Å²) < 4.78 is 27.2. The van der Waals surface area contributed by atoms with Gasteiger partial charge in [-0.25, -0.2) is 8.42 Å². The largest absolute Gasteiger partial charge is 0.305 e. The Morgan fingerprint density at radius 1 is 0.783 bits per heavy atom. The van der Waals surface area contributed by atoms with E-state index in [1.807, 2.05) is 49.5 Å². The van der Waals surface area contributed by atoms with Crippen LogP contribution in [0.2, 0.25) is 0 Å². The van der Waals surface area contributed by atoms with Gasteiger partial charge in [-0.05, 0) is 43.3 Å². The quantitative estimate of drug-likeness (QED) is 0.869. The minimum Gasteiger partial charge on any atom is -0.305 e. The molecule has 0 aromatic heterocycles. The molecule has 5 heteroatoms. The van der Waals surface area contributed by atoms with Gasteiger partial charge in [0, 0.05) is 19.6 Å². The zero-order valence-electron chi connectivity index (χ0n) is 13.4. The molecule has 2 aromatic rings. The molecule has 0 bridgehead atoms. The molecule has 0 aliphatic carbocycles. The highest BCUT2D eigenvalue weighted by Gasteiger charge is 2.25. The van der Waals surface area contributed by atoms with Crippen LogP contribution in [0.4, 0.5) is 0 Å². The topological polar surface area (TPSA) is 40.6 Å². The smallest absolute Gasteiger partial charge is 0.243 e. The second-order valence-electron chi connectivity index (χ2n) is 5.95. The van der Waals surface area contributed by atoms with E-state index in [0.717, 1.165) is 30.6 Å². The molecule has 0 unspecified atom stereocenters. The zero-order chi connectivity index (χ0) is 16.3. The van der Waals surface area contributed by atoms with E-state index < -0.39 is 10.0 Å². The molecule has 0 radical (unpaired) electrons. The van der Waals surface area contributed by atoms with Crippen molar-refractivity contribution in [2.45, 2.75) is 11.3 Å². The van der Waals surface area contributed by atoms with Crippen molar-refractivity contribution in [1.29, 1.82) is 0 Å². The molecule has 0 N–H and O–H groups in total. The highest BCUT2D eigenvalue weighted by atomic mass is 32.2. The molecular weight excluding hydrogens is 308 g/mol. The van der Waals surface area contributed by atoms with Gasteiger partial charge in [0.2, 0.25) is 10.0 Å². The van der Waals surface area contributed by atoms with Crippen LogP contribution in [0.15, 0.2) is 59.5 Å². The number of sulfonamides is 1. The third-order valence-electron chi connectivity index (χ3n) is 4.28. The van der Waals surface area contributed by atoms with Crippen LogP contribution >= 0.6 is 0 Å². The SMILES string of the molecule is CN1CCCN(S(=O)(=O)c2ccc(-c3ccccc3)cc2)CC1. The van der Waals surface area contributed by atoms with Gasteiger partial charge in [-0.3, -0.25) is 0 Å². The fourth-order valence-electron chi connectivity index (χ4n) is 2.86. The third-order valence-corrected chi connectivity index (χ3v) is 6.19. The van der Waals surface area contributed by atoms with Gasteiger partial charge in [0.15, 0.2) is 0 Å². The number of nitrogens with zero attached hydrogens (tertiary/aromatic N) is 2. The van der Waals surface area contributed by atoms with Crippen LogP contribution in [0, 0.1) is 0 Å². The molecule has 1 saturated heterocycles. The van der Waals surface area contributed by atoms with Crippen molar-refractivity contribution in [3.8, 4) is 11.1 Å². The van der Waals surface area contributed by atoms with Crippen LogP contribution in [0.3, 0.4) is 0 Å². The second kappa shape index (κ2) is 6.83. The van der Waals surface area contributed by atoms with Crippen LogP contribution in [0.5, 0.6) is 0 Å². The fourth-order valence-corrected chi connectivity index (χ4v) is 4.33. The van der Waals surface area contributed by atoms with Crippen molar-refractivity contribution in [1.82, 2.24) is 9.21 Å². The van der Waals surface area contributed by atoms with Crippen molar-refractivity contribution < 1.29 is 8.42 Å². The average Bonchev–Trinajstić information content (AvgIpc) is 2.81. The number of hydrogen-bond donors (Lipinski definition) is 0. The van der Waals surface area contributed by atoms with Gasteiger partial charge in [-0.2, -0.15) is 4.31 Å². The standard InChI is InChI=1S/C18H22N2O2S/c1-19-12-5-13-20(15-14-19)23(21,22)18-10-8-17(9-11-18)16-6-3-2-4-7-16/h2-4,6-11H,5,12-15H2,1H3. The Labute approximate surface area is 138 Å². The molecule has 2 aromatic carbocycles. The maximum Gasteiger partial charge on any atom is 0.243 e. The Morgan fingerprint density at radius 3 is 2.13 bits per heavy atom. The first-order valence-electron chi connectivity index (χ1n) is 7.91. The van der Waals surface area contributed by atoms with Gasteiger partial charge >= 0.3 is 0 Å². The summed E-state index contributed by atoms with van der Waals surface area (Å²) in [5, 5.41) is 0. The molecule has 3 rings (SSSR count). The van der Waals surface area contributed by atoms with E-state index in [9.17, 15) is 8.42 Å². The van der Waals surface area contributed by atoms with Crippen LogP contribution in [0.25, 0.3) is 11.1 Å². The Hall–Kier alpha value is -1.69. The van der Waals surface area contributed by atoms with Gasteiger partial charge in [0.1, 0.15) is 0 Å². The Morgan fingerprint density at radius 2 is 1.43 bits per heavy atom. The molecule has 0 atom stereocenters. The summed E-state index contributed by atoms with van der Waals surface area (Å²) in [4.78, 5) is 2.55. The van der Waals surface area contributed by atoms with Crippen molar-refractivity contribution >= 4 is 10.0 Å². The Balaban J connectivity index is 1.83. The summed E-state index contributed by atoms with van der Waals surface area (Å²) in [5.74, 6) is 0. The number of rotatable bonds is 3. The van der Waals surface area contributed by atoms with E-state index >= 15 is 0 Å². The minimum absolute atomic E-state index is 0.377. The summed E-state index contributed by atoms with van der Waals surface area (Å²) in [6.07, 6.45) is 0.873. The zero-order valence-corrected chi connectivity index (χ0v) is 14.2. The first-order chi connectivity index (χ1) is 11.1. The monoisotopic (exact) mass is 330 g/mol. The molecular formula is C18H22N2O2S. The maximum atomic E-state index is 12.8. The first kappa shape index (κ1) is 16.2. The highest BCUT2D eigenvalue weighted by Crippen LogP contribution is 2.23. The lowest BCUT2D eigenvalue weighted by atomic mass is 10.1. The predicted molar refractivity (Wildman–Crippen MR) is 92.8 cm³/mol. The van der Waals surface area contributed by atoms with E-state index in [2.05, 4.69) is 4.90 Å². The average molecular weight is 330 g/mol. The highest BCUT2D eigenvalue weighted by molar-refractivity contribution is 7.89. The Kier molecular flexibility index (Phi) is 4.80. The van der Waals surface area contributed by atoms with Gasteiger partial charge in [-0.15, -0.1) is 0 Å². The summed E-state index contributed by atoms with van der Waals surface area (Å²) in [6, 6.07) is 17.2. The van der Waals surface area contributed by atoms with Gasteiger partial charge in [0.05, 0.1) is 4.90 Å². The van der Waals surface area contributed by atoms with E-state index in [0.29, 0.717) is 18.0 Å². The van der Waals surface area contributed by atoms with Gasteiger partial charge < -0.3 is 4.90 Å². The molecule has 4 nitrogen and oxygen atoms in total. The maximum absolute atomic E-state index is 12.8. The fraction of sp³-hybridized carbons (Fsp3) is 0.333. The molecule has 122 valence electrons. The van der Waals surface area contributed by atoms with E-state index in [1.165, 1.54) is 0 Å². The van der Waals surface area contributed by atoms with Crippen LogP contribution in [0.1, 0.15) is 6.42 Å². The van der Waals surface area contributed by atoms with E-state index in [4.69, 9.17) is 0 Å². The summed E-state index contributed by atoms with van der Waals surface area (Å²) in [5.41, 5.74) is 2.12. The first-order valence-corrected chi connectivity index (χ1v) is 9.35. The number of benzene rings is 2. The lowest BCUT2D eigenvalue weighted by Crippen LogP contribution is -2.34. The molecule has 23 heavy (non-hydrogen) atoms. The summed E-state index contributed by atoms with van der Waals surface area (Å²) >= 11 is 0. The molecule has 1 heterocycles. The number of likely N-dealkylation sites (N-methyl/N-ethyl adjacent to an activating group) is 1. The van der Waals surface area contributed by atoms with Gasteiger partial charge in [-0.1, -0.05) is 42.5 Å². The van der Waals surface area contributed by atoms with E-state index in [-0.39, 0.29) is 0 Å². The molecule has 0 saturated carbocycles. The second-order valence-corrected chi connectivity index (χ2v) is 7.89.